The van der Waals surface area contributed by atoms with E-state index in [1.54, 1.807) is 54.6 Å². The summed E-state index contributed by atoms with van der Waals surface area (Å²) >= 11 is 0. The van der Waals surface area contributed by atoms with Gasteiger partial charge in [0, 0.05) is 12.8 Å². The molecule has 0 bridgehead atoms. The Kier molecular flexibility index (Phi) is 9.03. The van der Waals surface area contributed by atoms with E-state index in [9.17, 15) is 24.3 Å². The molecule has 2 rings (SSSR count). The number of carboxylic acids is 2. The Morgan fingerprint density at radius 3 is 1.94 bits per heavy atom. The van der Waals surface area contributed by atoms with Crippen LogP contribution in [0.2, 0.25) is 0 Å². The second kappa shape index (κ2) is 12.0. The first-order valence-electron chi connectivity index (χ1n) is 9.61. The SMILES string of the molecule is O=C(O)CC[C@H](NC(=O)[C@@H](Cc1ccccc1)NC(=O)OCc1ccccc1)C(=O)O. The Balaban J connectivity index is 2.05. The maximum Gasteiger partial charge on any atom is 0.408 e. The fourth-order valence-electron chi connectivity index (χ4n) is 2.76. The fraction of sp³-hybridized carbons (Fsp3) is 0.273. The zero-order valence-corrected chi connectivity index (χ0v) is 16.7. The average Bonchev–Trinajstić information content (AvgIpc) is 2.75. The van der Waals surface area contributed by atoms with Crippen LogP contribution in [0.1, 0.15) is 24.0 Å². The topological polar surface area (TPSA) is 142 Å². The number of hydrogen-bond acceptors (Lipinski definition) is 5. The lowest BCUT2D eigenvalue weighted by Gasteiger charge is -2.21. The first-order valence-corrected chi connectivity index (χ1v) is 9.61. The second-order valence-corrected chi connectivity index (χ2v) is 6.78. The average molecular weight is 428 g/mol. The molecule has 2 aromatic carbocycles. The van der Waals surface area contributed by atoms with E-state index in [4.69, 9.17) is 9.84 Å². The number of carbonyl (C=O) groups excluding carboxylic acids is 2. The fourth-order valence-corrected chi connectivity index (χ4v) is 2.76. The number of hydrogen-bond donors (Lipinski definition) is 4. The summed E-state index contributed by atoms with van der Waals surface area (Å²) in [5.74, 6) is -3.29. The maximum atomic E-state index is 12.7. The third-order valence-electron chi connectivity index (χ3n) is 4.37. The Labute approximate surface area is 179 Å². The highest BCUT2D eigenvalue weighted by atomic mass is 16.5. The van der Waals surface area contributed by atoms with E-state index in [2.05, 4.69) is 10.6 Å². The van der Waals surface area contributed by atoms with Crippen molar-refractivity contribution < 1.29 is 34.1 Å². The van der Waals surface area contributed by atoms with Gasteiger partial charge in [0.2, 0.25) is 5.91 Å². The van der Waals surface area contributed by atoms with Gasteiger partial charge in [-0.3, -0.25) is 9.59 Å². The van der Waals surface area contributed by atoms with Crippen LogP contribution in [0.3, 0.4) is 0 Å². The van der Waals surface area contributed by atoms with Gasteiger partial charge in [0.05, 0.1) is 0 Å². The number of alkyl carbamates (subject to hydrolysis) is 1. The number of nitrogens with one attached hydrogen (secondary N) is 2. The molecule has 2 aromatic rings. The van der Waals surface area contributed by atoms with E-state index in [1.165, 1.54) is 0 Å². The van der Waals surface area contributed by atoms with Crippen molar-refractivity contribution in [3.63, 3.8) is 0 Å². The minimum absolute atomic E-state index is 0.00269. The summed E-state index contributed by atoms with van der Waals surface area (Å²) in [5, 5.41) is 22.8. The maximum absolute atomic E-state index is 12.7. The zero-order valence-electron chi connectivity index (χ0n) is 16.7. The van der Waals surface area contributed by atoms with Gasteiger partial charge in [-0.05, 0) is 17.5 Å². The van der Waals surface area contributed by atoms with Crippen molar-refractivity contribution in [2.24, 2.45) is 0 Å². The van der Waals surface area contributed by atoms with Gasteiger partial charge in [-0.25, -0.2) is 9.59 Å². The van der Waals surface area contributed by atoms with Gasteiger partial charge >= 0.3 is 18.0 Å². The molecule has 9 nitrogen and oxygen atoms in total. The highest BCUT2D eigenvalue weighted by Crippen LogP contribution is 2.07. The lowest BCUT2D eigenvalue weighted by Crippen LogP contribution is -2.52. The highest BCUT2D eigenvalue weighted by molar-refractivity contribution is 5.89. The van der Waals surface area contributed by atoms with Gasteiger partial charge in [-0.1, -0.05) is 60.7 Å². The number of rotatable bonds is 11. The minimum atomic E-state index is -1.40. The van der Waals surface area contributed by atoms with Crippen LogP contribution in [-0.2, 0) is 32.1 Å². The summed E-state index contributed by atoms with van der Waals surface area (Å²) in [4.78, 5) is 47.1. The van der Waals surface area contributed by atoms with E-state index in [1.807, 2.05) is 6.07 Å². The normalized spacial score (nSPS) is 12.3. The van der Waals surface area contributed by atoms with Crippen molar-refractivity contribution in [1.82, 2.24) is 10.6 Å². The first kappa shape index (κ1) is 23.4. The highest BCUT2D eigenvalue weighted by Gasteiger charge is 2.27. The number of benzene rings is 2. The van der Waals surface area contributed by atoms with Crippen LogP contribution in [0, 0.1) is 0 Å². The molecule has 4 N–H and O–H groups in total. The molecular formula is C22H24N2O7. The molecule has 0 aliphatic heterocycles. The predicted octanol–water partition coefficient (Wildman–Crippen LogP) is 1.96. The molecule has 0 aliphatic rings. The molecule has 0 saturated heterocycles. The number of ether oxygens (including phenoxy) is 1. The summed E-state index contributed by atoms with van der Waals surface area (Å²) in [6, 6.07) is 15.3. The summed E-state index contributed by atoms with van der Waals surface area (Å²) in [5.41, 5.74) is 1.50. The van der Waals surface area contributed by atoms with Crippen molar-refractivity contribution in [3.8, 4) is 0 Å². The molecule has 0 unspecified atom stereocenters. The van der Waals surface area contributed by atoms with Crippen LogP contribution in [-0.4, -0.2) is 46.2 Å². The molecule has 0 fully saturated rings. The number of aliphatic carboxylic acids is 2. The minimum Gasteiger partial charge on any atom is -0.481 e. The molecule has 164 valence electrons. The molecule has 0 spiro atoms. The van der Waals surface area contributed by atoms with Crippen molar-refractivity contribution in [2.75, 3.05) is 0 Å². The monoisotopic (exact) mass is 428 g/mol. The van der Waals surface area contributed by atoms with E-state index in [0.29, 0.717) is 0 Å². The number of carboxylic acid groups (broad SMARTS) is 2. The number of carbonyl (C=O) groups is 4. The van der Waals surface area contributed by atoms with Gasteiger partial charge in [0.1, 0.15) is 18.7 Å². The summed E-state index contributed by atoms with van der Waals surface area (Å²) in [6.45, 7) is 0.00269. The Morgan fingerprint density at radius 2 is 1.39 bits per heavy atom. The molecule has 9 heteroatoms. The lowest BCUT2D eigenvalue weighted by atomic mass is 10.0. The van der Waals surface area contributed by atoms with E-state index in [0.717, 1.165) is 11.1 Å². The number of amides is 2. The zero-order chi connectivity index (χ0) is 22.6. The Bertz CT molecular complexity index is 887. The van der Waals surface area contributed by atoms with Gasteiger partial charge in [-0.2, -0.15) is 0 Å². The summed E-state index contributed by atoms with van der Waals surface area (Å²) in [7, 11) is 0. The lowest BCUT2D eigenvalue weighted by molar-refractivity contribution is -0.143. The van der Waals surface area contributed by atoms with Crippen LogP contribution in [0.5, 0.6) is 0 Å². The summed E-state index contributed by atoms with van der Waals surface area (Å²) < 4.78 is 5.15. The molecule has 0 heterocycles. The Hall–Kier alpha value is -3.88. The largest absolute Gasteiger partial charge is 0.481 e. The summed E-state index contributed by atoms with van der Waals surface area (Å²) in [6.07, 6.45) is -1.45. The molecule has 2 atom stereocenters. The van der Waals surface area contributed by atoms with E-state index in [-0.39, 0.29) is 19.4 Å². The first-order chi connectivity index (χ1) is 14.8. The van der Waals surface area contributed by atoms with Gasteiger partial charge in [-0.15, -0.1) is 0 Å². The van der Waals surface area contributed by atoms with Crippen LogP contribution >= 0.6 is 0 Å². The molecular weight excluding hydrogens is 404 g/mol. The predicted molar refractivity (Wildman–Crippen MR) is 110 cm³/mol. The molecule has 0 radical (unpaired) electrons. The van der Waals surface area contributed by atoms with Crippen molar-refractivity contribution in [3.05, 3.63) is 71.8 Å². The van der Waals surface area contributed by atoms with Crippen molar-refractivity contribution in [1.29, 1.82) is 0 Å². The molecule has 0 aliphatic carbocycles. The Morgan fingerprint density at radius 1 is 0.806 bits per heavy atom. The molecule has 2 amide bonds. The smallest absolute Gasteiger partial charge is 0.408 e. The van der Waals surface area contributed by atoms with Crippen molar-refractivity contribution in [2.45, 2.75) is 38.0 Å². The van der Waals surface area contributed by atoms with Crippen LogP contribution < -0.4 is 10.6 Å². The van der Waals surface area contributed by atoms with Gasteiger partial charge in [0.25, 0.3) is 0 Å². The second-order valence-electron chi connectivity index (χ2n) is 6.78. The van der Waals surface area contributed by atoms with Crippen molar-refractivity contribution >= 4 is 23.9 Å². The third-order valence-corrected chi connectivity index (χ3v) is 4.37. The van der Waals surface area contributed by atoms with E-state index < -0.39 is 42.4 Å². The third kappa shape index (κ3) is 8.57. The van der Waals surface area contributed by atoms with Gasteiger partial charge in [0.15, 0.2) is 0 Å². The molecule has 0 saturated carbocycles. The van der Waals surface area contributed by atoms with Crippen LogP contribution in [0.25, 0.3) is 0 Å². The van der Waals surface area contributed by atoms with E-state index >= 15 is 0 Å². The molecule has 31 heavy (non-hydrogen) atoms. The van der Waals surface area contributed by atoms with Gasteiger partial charge < -0.3 is 25.6 Å². The molecule has 0 aromatic heterocycles. The van der Waals surface area contributed by atoms with Crippen LogP contribution in [0.15, 0.2) is 60.7 Å². The van der Waals surface area contributed by atoms with Crippen LogP contribution in [0.4, 0.5) is 4.79 Å². The quantitative estimate of drug-likeness (QED) is 0.428. The standard InChI is InChI=1S/C22H24N2O7/c25-19(26)12-11-17(21(28)29)23-20(27)18(13-15-7-3-1-4-8-15)24-22(30)31-14-16-9-5-2-6-10-16/h1-10,17-18H,11-14H2,(H,23,27)(H,24,30)(H,25,26)(H,28,29)/t17-,18+/m0/s1.